The van der Waals surface area contributed by atoms with Gasteiger partial charge in [-0.25, -0.2) is 9.97 Å². The van der Waals surface area contributed by atoms with Crippen molar-refractivity contribution in [3.8, 4) is 0 Å². The average Bonchev–Trinajstić information content (AvgIpc) is 3.22. The van der Waals surface area contributed by atoms with Gasteiger partial charge in [-0.15, -0.1) is 0 Å². The molecule has 0 radical (unpaired) electrons. The molecule has 3 heterocycles. The van der Waals surface area contributed by atoms with Gasteiger partial charge in [0.1, 0.15) is 12.1 Å². The fraction of sp³-hybridized carbons (Fsp3) is 0.593. The first-order chi connectivity index (χ1) is 17.9. The van der Waals surface area contributed by atoms with E-state index in [1.54, 1.807) is 6.33 Å². The van der Waals surface area contributed by atoms with Crippen LogP contribution in [0.4, 0.5) is 5.82 Å². The van der Waals surface area contributed by atoms with E-state index in [2.05, 4.69) is 31.6 Å². The van der Waals surface area contributed by atoms with Crippen LogP contribution < -0.4 is 4.90 Å². The topological polar surface area (TPSA) is 96.3 Å². The summed E-state index contributed by atoms with van der Waals surface area (Å²) >= 11 is 6.15. The maximum atomic E-state index is 13.9. The van der Waals surface area contributed by atoms with Crippen molar-refractivity contribution >= 4 is 23.3 Å². The third-order valence-corrected chi connectivity index (χ3v) is 8.31. The number of β-amino-alcohol motifs (C(OH)–C–C–N with tert-alkyl or cyclic N) is 1. The lowest BCUT2D eigenvalue weighted by Crippen LogP contribution is -2.53. The number of hydrogen-bond donors (Lipinski definition) is 2. The number of rotatable bonds is 7. The third-order valence-electron chi connectivity index (χ3n) is 8.06. The van der Waals surface area contributed by atoms with Crippen LogP contribution in [0.15, 0.2) is 30.6 Å². The number of amides is 1. The summed E-state index contributed by atoms with van der Waals surface area (Å²) in [5.74, 6) is 1.01. The highest BCUT2D eigenvalue weighted by molar-refractivity contribution is 6.30. The van der Waals surface area contributed by atoms with Crippen LogP contribution in [0.2, 0.25) is 5.02 Å². The molecule has 10 heteroatoms. The molecular weight excluding hydrogens is 492 g/mol. The minimum Gasteiger partial charge on any atom is -0.395 e. The van der Waals surface area contributed by atoms with Crippen LogP contribution in [0.25, 0.3) is 0 Å². The molecule has 1 unspecified atom stereocenters. The number of hydrogen-bond acceptors (Lipinski definition) is 8. The molecule has 200 valence electrons. The van der Waals surface area contributed by atoms with Crippen molar-refractivity contribution < 1.29 is 15.0 Å². The maximum absolute atomic E-state index is 13.9. The van der Waals surface area contributed by atoms with Crippen molar-refractivity contribution in [3.05, 3.63) is 52.4 Å². The second kappa shape index (κ2) is 11.6. The van der Waals surface area contributed by atoms with Crippen molar-refractivity contribution in [2.45, 2.75) is 31.3 Å². The predicted molar refractivity (Wildman–Crippen MR) is 143 cm³/mol. The van der Waals surface area contributed by atoms with Crippen LogP contribution in [0.1, 0.15) is 48.1 Å². The lowest BCUT2D eigenvalue weighted by molar-refractivity contribution is -0.133. The van der Waals surface area contributed by atoms with E-state index in [1.807, 2.05) is 29.2 Å². The zero-order chi connectivity index (χ0) is 25.9. The number of halogens is 1. The SMILES string of the molecule is C[C@@H]1C[C@@H](O)c2ncnc(N3CCN(C(=O)C(CN4CCN(CCO)CC4)c4ccc(Cl)cc4)CC3)c21. The Hall–Kier alpha value is -2.30. The number of aliphatic hydroxyl groups excluding tert-OH is 2. The van der Waals surface area contributed by atoms with Crippen LogP contribution >= 0.6 is 11.6 Å². The first-order valence-corrected chi connectivity index (χ1v) is 13.7. The lowest BCUT2D eigenvalue weighted by atomic mass is 9.96. The number of nitrogens with zero attached hydrogens (tertiary/aromatic N) is 6. The van der Waals surface area contributed by atoms with Gasteiger partial charge in [0.05, 0.1) is 24.3 Å². The average molecular weight is 529 g/mol. The summed E-state index contributed by atoms with van der Waals surface area (Å²) in [5, 5.41) is 20.3. The molecule has 1 aliphatic carbocycles. The molecule has 3 atom stereocenters. The molecule has 2 aliphatic heterocycles. The Morgan fingerprint density at radius 3 is 2.38 bits per heavy atom. The highest BCUT2D eigenvalue weighted by atomic mass is 35.5. The third kappa shape index (κ3) is 5.76. The monoisotopic (exact) mass is 528 g/mol. The number of fused-ring (bicyclic) bond motifs is 1. The standard InChI is InChI=1S/C27H37ClN6O3/c1-19-16-23(36)25-24(19)26(30-18-29-25)33-10-12-34(13-11-33)27(37)22(20-2-4-21(28)5-3-20)17-32-8-6-31(7-9-32)14-15-35/h2-5,18-19,22-23,35-36H,6-17H2,1H3/t19-,22?,23-/m1/s1. The summed E-state index contributed by atoms with van der Waals surface area (Å²) in [6.45, 7) is 9.88. The van der Waals surface area contributed by atoms with Gasteiger partial charge in [-0.1, -0.05) is 30.7 Å². The van der Waals surface area contributed by atoms with E-state index >= 15 is 0 Å². The van der Waals surface area contributed by atoms with Crippen molar-refractivity contribution in [2.75, 3.05) is 77.0 Å². The van der Waals surface area contributed by atoms with Gasteiger partial charge in [-0.3, -0.25) is 14.6 Å². The molecule has 2 N–H and O–H groups in total. The van der Waals surface area contributed by atoms with E-state index in [1.165, 1.54) is 0 Å². The van der Waals surface area contributed by atoms with Gasteiger partial charge >= 0.3 is 0 Å². The largest absolute Gasteiger partial charge is 0.395 e. The number of aliphatic hydroxyl groups is 2. The van der Waals surface area contributed by atoms with Crippen LogP contribution in [0, 0.1) is 0 Å². The molecular formula is C27H37ClN6O3. The smallest absolute Gasteiger partial charge is 0.231 e. The van der Waals surface area contributed by atoms with Crippen LogP contribution in [0.3, 0.4) is 0 Å². The summed E-state index contributed by atoms with van der Waals surface area (Å²) in [5.41, 5.74) is 2.79. The molecule has 0 bridgehead atoms. The number of piperazine rings is 2. The second-order valence-electron chi connectivity index (χ2n) is 10.4. The molecule has 9 nitrogen and oxygen atoms in total. The Morgan fingerprint density at radius 1 is 1.03 bits per heavy atom. The van der Waals surface area contributed by atoms with Crippen molar-refractivity contribution in [3.63, 3.8) is 0 Å². The van der Waals surface area contributed by atoms with E-state index in [4.69, 9.17) is 11.6 Å². The van der Waals surface area contributed by atoms with Gasteiger partial charge in [0.15, 0.2) is 0 Å². The minimum absolute atomic E-state index is 0.150. The number of aromatic nitrogens is 2. The Labute approximate surface area is 223 Å². The van der Waals surface area contributed by atoms with Gasteiger partial charge in [0.2, 0.25) is 5.91 Å². The molecule has 2 saturated heterocycles. The fourth-order valence-electron chi connectivity index (χ4n) is 5.93. The quantitative estimate of drug-likeness (QED) is 0.561. The maximum Gasteiger partial charge on any atom is 0.231 e. The molecule has 3 aliphatic rings. The molecule has 1 aromatic carbocycles. The van der Waals surface area contributed by atoms with E-state index in [0.29, 0.717) is 50.7 Å². The molecule has 2 aromatic rings. The van der Waals surface area contributed by atoms with Gasteiger partial charge in [0, 0.05) is 76.0 Å². The number of benzene rings is 1. The predicted octanol–water partition coefficient (Wildman–Crippen LogP) is 1.71. The Bertz CT molecular complexity index is 1070. The summed E-state index contributed by atoms with van der Waals surface area (Å²) in [6.07, 6.45) is 1.70. The molecule has 37 heavy (non-hydrogen) atoms. The molecule has 0 spiro atoms. The Kier molecular flexibility index (Phi) is 8.26. The van der Waals surface area contributed by atoms with Gasteiger partial charge in [-0.05, 0) is 30.0 Å². The summed E-state index contributed by atoms with van der Waals surface area (Å²) in [7, 11) is 0. The minimum atomic E-state index is -0.528. The Balaban J connectivity index is 1.27. The van der Waals surface area contributed by atoms with Gasteiger partial charge < -0.3 is 20.0 Å². The molecule has 2 fully saturated rings. The summed E-state index contributed by atoms with van der Waals surface area (Å²) in [6, 6.07) is 7.67. The highest BCUT2D eigenvalue weighted by Crippen LogP contribution is 2.42. The van der Waals surface area contributed by atoms with Gasteiger partial charge in [-0.2, -0.15) is 0 Å². The number of carbonyl (C=O) groups excluding carboxylic acids is 1. The zero-order valence-corrected chi connectivity index (χ0v) is 22.2. The number of anilines is 1. The van der Waals surface area contributed by atoms with Gasteiger partial charge in [0.25, 0.3) is 0 Å². The second-order valence-corrected chi connectivity index (χ2v) is 10.9. The number of carbonyl (C=O) groups is 1. The summed E-state index contributed by atoms with van der Waals surface area (Å²) < 4.78 is 0. The first kappa shape index (κ1) is 26.3. The summed E-state index contributed by atoms with van der Waals surface area (Å²) in [4.78, 5) is 31.7. The normalized spacial score (nSPS) is 23.8. The van der Waals surface area contributed by atoms with Crippen molar-refractivity contribution in [1.29, 1.82) is 0 Å². The lowest BCUT2D eigenvalue weighted by Gasteiger charge is -2.40. The molecule has 1 aromatic heterocycles. The Morgan fingerprint density at radius 2 is 1.70 bits per heavy atom. The molecule has 0 saturated carbocycles. The fourth-order valence-corrected chi connectivity index (χ4v) is 6.06. The van der Waals surface area contributed by atoms with E-state index in [0.717, 1.165) is 48.8 Å². The van der Waals surface area contributed by atoms with Crippen molar-refractivity contribution in [2.24, 2.45) is 0 Å². The van der Waals surface area contributed by atoms with Crippen LogP contribution in [-0.2, 0) is 4.79 Å². The van der Waals surface area contributed by atoms with E-state index < -0.39 is 6.10 Å². The van der Waals surface area contributed by atoms with E-state index in [9.17, 15) is 15.0 Å². The molecule has 5 rings (SSSR count). The first-order valence-electron chi connectivity index (χ1n) is 13.3. The van der Waals surface area contributed by atoms with Crippen molar-refractivity contribution in [1.82, 2.24) is 24.7 Å². The molecule has 1 amide bonds. The van der Waals surface area contributed by atoms with Crippen LogP contribution in [-0.4, -0.2) is 113 Å². The van der Waals surface area contributed by atoms with E-state index in [-0.39, 0.29) is 24.3 Å². The zero-order valence-electron chi connectivity index (χ0n) is 21.5. The van der Waals surface area contributed by atoms with Crippen LogP contribution in [0.5, 0.6) is 0 Å². The highest BCUT2D eigenvalue weighted by Gasteiger charge is 2.35.